The topological polar surface area (TPSA) is 131 Å². The molecule has 2 heterocycles. The van der Waals surface area contributed by atoms with Crippen LogP contribution in [0.15, 0.2) is 77.0 Å². The largest absolute Gasteiger partial charge is 0.363 e. The molecule has 0 radical (unpaired) electrons. The summed E-state index contributed by atoms with van der Waals surface area (Å²) in [6, 6.07) is 20.3. The van der Waals surface area contributed by atoms with Gasteiger partial charge in [-0.15, -0.1) is 11.3 Å². The van der Waals surface area contributed by atoms with Gasteiger partial charge in [0.25, 0.3) is 0 Å². The number of primary sulfonamides is 1. The standard InChI is InChI=1S/C31H29FN4O4S2/c1-18-5-10-21(11-6-18)22-3-2-4-23(16-22)29-24(13-20-9-12-28(25(32)14-20)42(33,39)40)26(15-19-7-8-19)35-36(29)31-34-27(17-41-31)30(37)38/h2-6,9-12,14,16-17,19,30,37-38H,7-8,13,15H2,1H3,(H2,33,39,40). The zero-order chi connectivity index (χ0) is 29.6. The molecular weight excluding hydrogens is 575 g/mol. The number of sulfonamides is 1. The number of hydrogen-bond donors (Lipinski definition) is 3. The van der Waals surface area contributed by atoms with Crippen molar-refractivity contribution in [1.82, 2.24) is 14.8 Å². The van der Waals surface area contributed by atoms with Crippen LogP contribution in [0.5, 0.6) is 0 Å². The summed E-state index contributed by atoms with van der Waals surface area (Å²) < 4.78 is 40.2. The molecule has 11 heteroatoms. The van der Waals surface area contributed by atoms with Crippen molar-refractivity contribution >= 4 is 21.4 Å². The summed E-state index contributed by atoms with van der Waals surface area (Å²) in [6.45, 7) is 2.04. The van der Waals surface area contributed by atoms with Gasteiger partial charge in [-0.05, 0) is 67.0 Å². The molecule has 8 nitrogen and oxygen atoms in total. The van der Waals surface area contributed by atoms with Gasteiger partial charge in [0.05, 0.1) is 11.4 Å². The van der Waals surface area contributed by atoms with Crippen LogP contribution in [-0.4, -0.2) is 33.4 Å². The number of aliphatic hydroxyl groups excluding tert-OH is 1. The van der Waals surface area contributed by atoms with E-state index >= 15 is 0 Å². The van der Waals surface area contributed by atoms with Gasteiger partial charge in [0.1, 0.15) is 16.4 Å². The van der Waals surface area contributed by atoms with Crippen molar-refractivity contribution in [3.63, 3.8) is 0 Å². The van der Waals surface area contributed by atoms with E-state index in [1.807, 2.05) is 25.1 Å². The molecule has 1 fully saturated rings. The molecule has 0 aliphatic heterocycles. The highest BCUT2D eigenvalue weighted by Gasteiger charge is 2.29. The highest BCUT2D eigenvalue weighted by atomic mass is 32.2. The predicted octanol–water partition coefficient (Wildman–Crippen LogP) is 5.28. The summed E-state index contributed by atoms with van der Waals surface area (Å²) >= 11 is 1.24. The zero-order valence-corrected chi connectivity index (χ0v) is 24.4. The summed E-state index contributed by atoms with van der Waals surface area (Å²) in [7, 11) is -4.20. The number of nitrogens with zero attached hydrogens (tertiary/aromatic N) is 3. The average molecular weight is 605 g/mol. The van der Waals surface area contributed by atoms with Crippen LogP contribution < -0.4 is 5.14 Å². The van der Waals surface area contributed by atoms with Crippen molar-refractivity contribution < 1.29 is 23.0 Å². The molecule has 0 saturated heterocycles. The molecule has 2 aromatic heterocycles. The smallest absolute Gasteiger partial charge is 0.240 e. The van der Waals surface area contributed by atoms with Crippen LogP contribution >= 0.6 is 11.3 Å². The van der Waals surface area contributed by atoms with E-state index in [0.717, 1.165) is 58.5 Å². The Morgan fingerprint density at radius 1 is 1.05 bits per heavy atom. The van der Waals surface area contributed by atoms with Crippen molar-refractivity contribution in [2.45, 2.75) is 43.8 Å². The monoisotopic (exact) mass is 604 g/mol. The van der Waals surface area contributed by atoms with Crippen LogP contribution in [-0.2, 0) is 22.9 Å². The summed E-state index contributed by atoms with van der Waals surface area (Å²) in [5.41, 5.74) is 7.22. The SMILES string of the molecule is Cc1ccc(-c2cccc(-c3c(Cc4ccc(S(N)(=O)=O)c(F)c4)c(CC4CC4)nn3-c3nc(C(O)O)cs3)c2)cc1. The fourth-order valence-electron chi connectivity index (χ4n) is 5.05. The summed E-state index contributed by atoms with van der Waals surface area (Å²) in [6.07, 6.45) is 1.49. The molecular formula is C31H29FN4O4S2. The predicted molar refractivity (Wildman–Crippen MR) is 159 cm³/mol. The third kappa shape index (κ3) is 5.92. The van der Waals surface area contributed by atoms with Gasteiger partial charge in [0.2, 0.25) is 15.2 Å². The van der Waals surface area contributed by atoms with E-state index in [0.29, 0.717) is 16.6 Å². The van der Waals surface area contributed by atoms with Crippen molar-refractivity contribution in [3.05, 3.63) is 106 Å². The Balaban J connectivity index is 1.53. The van der Waals surface area contributed by atoms with Crippen molar-refractivity contribution in [1.29, 1.82) is 0 Å². The molecule has 1 aliphatic carbocycles. The van der Waals surface area contributed by atoms with Crippen LogP contribution in [0.3, 0.4) is 0 Å². The number of aryl methyl sites for hydroxylation is 1. The minimum Gasteiger partial charge on any atom is -0.363 e. The second kappa shape index (κ2) is 11.2. The minimum absolute atomic E-state index is 0.121. The van der Waals surface area contributed by atoms with Crippen LogP contribution in [0.1, 0.15) is 47.2 Å². The van der Waals surface area contributed by atoms with E-state index in [1.54, 1.807) is 16.1 Å². The Labute approximate surface area is 247 Å². The molecule has 1 saturated carbocycles. The maximum atomic E-state index is 14.9. The third-order valence-electron chi connectivity index (χ3n) is 7.41. The van der Waals surface area contributed by atoms with Gasteiger partial charge in [-0.25, -0.2) is 27.6 Å². The number of thiazole rings is 1. The van der Waals surface area contributed by atoms with Crippen LogP contribution in [0.4, 0.5) is 4.39 Å². The van der Waals surface area contributed by atoms with Gasteiger partial charge in [-0.1, -0.05) is 54.1 Å². The Morgan fingerprint density at radius 3 is 2.43 bits per heavy atom. The van der Waals surface area contributed by atoms with Crippen molar-refractivity contribution in [2.24, 2.45) is 11.1 Å². The lowest BCUT2D eigenvalue weighted by atomic mass is 9.95. The Hall–Kier alpha value is -3.74. The highest BCUT2D eigenvalue weighted by Crippen LogP contribution is 2.39. The summed E-state index contributed by atoms with van der Waals surface area (Å²) in [5, 5.41) is 31.7. The number of aliphatic hydroxyl groups is 2. The normalized spacial score (nSPS) is 13.7. The first-order chi connectivity index (χ1) is 20.1. The molecule has 0 unspecified atom stereocenters. The maximum absolute atomic E-state index is 14.9. The first-order valence-corrected chi connectivity index (χ1v) is 15.9. The molecule has 0 amide bonds. The molecule has 6 rings (SSSR count). The van der Waals surface area contributed by atoms with E-state index in [4.69, 9.17) is 10.2 Å². The molecule has 3 aromatic carbocycles. The lowest BCUT2D eigenvalue weighted by Gasteiger charge is -2.12. The minimum atomic E-state index is -4.20. The quantitative estimate of drug-likeness (QED) is 0.196. The Kier molecular flexibility index (Phi) is 7.54. The zero-order valence-electron chi connectivity index (χ0n) is 22.7. The van der Waals surface area contributed by atoms with Crippen LogP contribution in [0.2, 0.25) is 0 Å². The van der Waals surface area contributed by atoms with Crippen molar-refractivity contribution in [3.8, 4) is 27.5 Å². The lowest BCUT2D eigenvalue weighted by Crippen LogP contribution is -2.14. The fraction of sp³-hybridized carbons (Fsp3) is 0.226. The summed E-state index contributed by atoms with van der Waals surface area (Å²) in [5.74, 6) is -0.415. The van der Waals surface area contributed by atoms with Gasteiger partial charge in [-0.3, -0.25) is 0 Å². The van der Waals surface area contributed by atoms with E-state index in [2.05, 4.69) is 35.3 Å². The summed E-state index contributed by atoms with van der Waals surface area (Å²) in [4.78, 5) is 3.89. The van der Waals surface area contributed by atoms with Crippen LogP contribution in [0, 0.1) is 18.7 Å². The molecule has 5 aromatic rings. The van der Waals surface area contributed by atoms with E-state index in [-0.39, 0.29) is 12.1 Å². The number of rotatable bonds is 9. The highest BCUT2D eigenvalue weighted by molar-refractivity contribution is 7.89. The molecule has 216 valence electrons. The first-order valence-electron chi connectivity index (χ1n) is 13.5. The van der Waals surface area contributed by atoms with Gasteiger partial charge in [0, 0.05) is 22.9 Å². The molecule has 0 bridgehead atoms. The number of hydrogen-bond acceptors (Lipinski definition) is 7. The fourth-order valence-corrected chi connectivity index (χ4v) is 6.43. The second-order valence-corrected chi connectivity index (χ2v) is 13.1. The number of benzene rings is 3. The number of nitrogens with two attached hydrogens (primary N) is 1. The van der Waals surface area contributed by atoms with E-state index in [9.17, 15) is 23.0 Å². The van der Waals surface area contributed by atoms with E-state index in [1.165, 1.54) is 23.5 Å². The van der Waals surface area contributed by atoms with Crippen LogP contribution in [0.25, 0.3) is 27.5 Å². The number of aromatic nitrogens is 3. The molecule has 0 spiro atoms. The van der Waals surface area contributed by atoms with Gasteiger partial charge < -0.3 is 10.2 Å². The molecule has 42 heavy (non-hydrogen) atoms. The van der Waals surface area contributed by atoms with E-state index < -0.39 is 27.0 Å². The Bertz CT molecular complexity index is 1880. The molecule has 4 N–H and O–H groups in total. The average Bonchev–Trinajstić information content (AvgIpc) is 3.49. The molecule has 1 aliphatic rings. The van der Waals surface area contributed by atoms with Gasteiger partial charge in [0.15, 0.2) is 6.29 Å². The third-order valence-corrected chi connectivity index (χ3v) is 9.18. The first kappa shape index (κ1) is 28.4. The number of halogens is 1. The molecule has 0 atom stereocenters. The van der Waals surface area contributed by atoms with Gasteiger partial charge >= 0.3 is 0 Å². The lowest BCUT2D eigenvalue weighted by molar-refractivity contribution is -0.0454. The second-order valence-electron chi connectivity index (χ2n) is 10.7. The van der Waals surface area contributed by atoms with Gasteiger partial charge in [-0.2, -0.15) is 5.10 Å². The van der Waals surface area contributed by atoms with Crippen molar-refractivity contribution in [2.75, 3.05) is 0 Å². The maximum Gasteiger partial charge on any atom is 0.240 e. The Morgan fingerprint density at radius 2 is 1.79 bits per heavy atom.